The summed E-state index contributed by atoms with van der Waals surface area (Å²) in [7, 11) is 0. The van der Waals surface area contributed by atoms with Gasteiger partial charge in [-0.3, -0.25) is 4.79 Å². The number of nitriles is 1. The molecule has 0 fully saturated rings. The second-order valence-corrected chi connectivity index (χ2v) is 5.48. The van der Waals surface area contributed by atoms with Crippen LogP contribution in [0.1, 0.15) is 11.1 Å². The zero-order valence-corrected chi connectivity index (χ0v) is 12.4. The fraction of sp³-hybridized carbons (Fsp3) is 0.0526. The van der Waals surface area contributed by atoms with E-state index in [0.29, 0.717) is 22.2 Å². The molecule has 23 heavy (non-hydrogen) atoms. The summed E-state index contributed by atoms with van der Waals surface area (Å²) in [5.41, 5.74) is 3.96. The highest BCUT2D eigenvalue weighted by Gasteiger charge is 2.19. The van der Waals surface area contributed by atoms with Gasteiger partial charge in [0.05, 0.1) is 11.1 Å². The first-order valence-electron chi connectivity index (χ1n) is 7.23. The number of pyridine rings is 1. The highest BCUT2D eigenvalue weighted by atomic mass is 16.3. The fourth-order valence-electron chi connectivity index (χ4n) is 2.85. The number of rotatable bonds is 1. The summed E-state index contributed by atoms with van der Waals surface area (Å²) in [5, 5.41) is 10.3. The highest BCUT2D eigenvalue weighted by molar-refractivity contribution is 6.08. The summed E-state index contributed by atoms with van der Waals surface area (Å²) >= 11 is 0. The number of furan rings is 1. The van der Waals surface area contributed by atoms with E-state index in [0.717, 1.165) is 16.5 Å². The van der Waals surface area contributed by atoms with Crippen LogP contribution in [0.2, 0.25) is 0 Å². The van der Waals surface area contributed by atoms with Crippen LogP contribution in [-0.4, -0.2) is 4.98 Å². The number of aromatic amines is 1. The van der Waals surface area contributed by atoms with E-state index in [9.17, 15) is 10.1 Å². The molecule has 0 aliphatic carbocycles. The van der Waals surface area contributed by atoms with Gasteiger partial charge in [-0.1, -0.05) is 42.0 Å². The van der Waals surface area contributed by atoms with Crippen LogP contribution in [0.25, 0.3) is 33.2 Å². The third-order valence-electron chi connectivity index (χ3n) is 3.99. The van der Waals surface area contributed by atoms with Crippen molar-refractivity contribution in [2.75, 3.05) is 0 Å². The van der Waals surface area contributed by atoms with E-state index in [-0.39, 0.29) is 5.56 Å². The Morgan fingerprint density at radius 1 is 1.09 bits per heavy atom. The summed E-state index contributed by atoms with van der Waals surface area (Å²) in [6, 6.07) is 17.2. The van der Waals surface area contributed by atoms with Crippen molar-refractivity contribution in [3.63, 3.8) is 0 Å². The number of nitrogens with zero attached hydrogens (tertiary/aromatic N) is 1. The Hall–Kier alpha value is -3.32. The number of aromatic nitrogens is 1. The average molecular weight is 300 g/mol. The van der Waals surface area contributed by atoms with Crippen molar-refractivity contribution in [3.05, 3.63) is 70.0 Å². The monoisotopic (exact) mass is 300 g/mol. The molecule has 0 saturated heterocycles. The van der Waals surface area contributed by atoms with Gasteiger partial charge in [-0.2, -0.15) is 5.26 Å². The molecule has 4 aromatic rings. The van der Waals surface area contributed by atoms with E-state index in [1.165, 1.54) is 0 Å². The molecule has 2 aromatic carbocycles. The van der Waals surface area contributed by atoms with Crippen LogP contribution in [0.15, 0.2) is 57.7 Å². The number of benzene rings is 2. The van der Waals surface area contributed by atoms with E-state index in [1.807, 2.05) is 61.5 Å². The summed E-state index contributed by atoms with van der Waals surface area (Å²) < 4.78 is 5.94. The minimum Gasteiger partial charge on any atom is -0.454 e. The Morgan fingerprint density at radius 3 is 2.57 bits per heavy atom. The van der Waals surface area contributed by atoms with Crippen molar-refractivity contribution in [1.29, 1.82) is 5.26 Å². The summed E-state index contributed by atoms with van der Waals surface area (Å²) in [6.07, 6.45) is 0. The van der Waals surface area contributed by atoms with Crippen molar-refractivity contribution in [2.24, 2.45) is 0 Å². The van der Waals surface area contributed by atoms with E-state index < -0.39 is 5.56 Å². The molecule has 110 valence electrons. The Morgan fingerprint density at radius 2 is 1.83 bits per heavy atom. The first-order chi connectivity index (χ1) is 11.2. The van der Waals surface area contributed by atoms with Crippen molar-refractivity contribution >= 4 is 22.1 Å². The van der Waals surface area contributed by atoms with Crippen LogP contribution in [0.3, 0.4) is 0 Å². The number of H-pyrrole nitrogens is 1. The van der Waals surface area contributed by atoms with Crippen molar-refractivity contribution in [1.82, 2.24) is 4.98 Å². The fourth-order valence-corrected chi connectivity index (χ4v) is 2.85. The van der Waals surface area contributed by atoms with Crippen molar-refractivity contribution in [3.8, 4) is 17.2 Å². The molecule has 0 bridgehead atoms. The highest BCUT2D eigenvalue weighted by Crippen LogP contribution is 2.35. The van der Waals surface area contributed by atoms with Crippen molar-refractivity contribution < 1.29 is 4.42 Å². The second kappa shape index (κ2) is 4.85. The minimum absolute atomic E-state index is 0.0698. The molecule has 0 unspecified atom stereocenters. The van der Waals surface area contributed by atoms with Crippen molar-refractivity contribution in [2.45, 2.75) is 6.92 Å². The Balaban J connectivity index is 2.22. The Kier molecular flexibility index (Phi) is 2.82. The largest absolute Gasteiger partial charge is 0.454 e. The Bertz CT molecular complexity index is 1140. The molecular formula is C19H12N2O2. The number of hydrogen-bond donors (Lipinski definition) is 1. The van der Waals surface area contributed by atoms with Gasteiger partial charge in [0.15, 0.2) is 5.58 Å². The van der Waals surface area contributed by atoms with E-state index >= 15 is 0 Å². The molecule has 0 amide bonds. The third kappa shape index (κ3) is 1.95. The number of nitrogens with one attached hydrogen (secondary N) is 1. The average Bonchev–Trinajstić information content (AvgIpc) is 2.93. The third-order valence-corrected chi connectivity index (χ3v) is 3.99. The smallest absolute Gasteiger partial charge is 0.267 e. The zero-order valence-electron chi connectivity index (χ0n) is 12.4. The number of hydrogen-bond acceptors (Lipinski definition) is 3. The molecule has 1 N–H and O–H groups in total. The molecule has 4 rings (SSSR count). The van der Waals surface area contributed by atoms with Crippen LogP contribution in [0.4, 0.5) is 0 Å². The predicted molar refractivity (Wildman–Crippen MR) is 89.2 cm³/mol. The van der Waals surface area contributed by atoms with Gasteiger partial charge in [0, 0.05) is 5.39 Å². The number of aryl methyl sites for hydroxylation is 1. The normalized spacial score (nSPS) is 11.0. The minimum atomic E-state index is -0.401. The predicted octanol–water partition coefficient (Wildman–Crippen LogP) is 4.12. The standard InChI is InChI=1S/C19H12N2O2/c1-11-6-8-12(9-7-11)16-14(10-20)19(22)21-17-13-4-2-3-5-15(13)23-18(16)17/h2-9H,1H3,(H,21,22). The van der Waals surface area contributed by atoms with Gasteiger partial charge in [0.25, 0.3) is 5.56 Å². The SMILES string of the molecule is Cc1ccc(-c2c(C#N)c(=O)[nH]c3c2oc2ccccc23)cc1. The zero-order chi connectivity index (χ0) is 16.0. The van der Waals surface area contributed by atoms with E-state index in [1.54, 1.807) is 0 Å². The number of para-hydroxylation sites is 1. The van der Waals surface area contributed by atoms with Crippen LogP contribution < -0.4 is 5.56 Å². The molecule has 0 spiro atoms. The maximum Gasteiger partial charge on any atom is 0.267 e. The Labute approximate surface area is 131 Å². The quantitative estimate of drug-likeness (QED) is 0.575. The van der Waals surface area contributed by atoms with Gasteiger partial charge in [-0.15, -0.1) is 0 Å². The van der Waals surface area contributed by atoms with Gasteiger partial charge in [-0.05, 0) is 24.6 Å². The molecule has 0 atom stereocenters. The first-order valence-corrected chi connectivity index (χ1v) is 7.23. The second-order valence-electron chi connectivity index (χ2n) is 5.48. The molecule has 0 saturated carbocycles. The molecule has 0 aliphatic heterocycles. The first kappa shape index (κ1) is 13.4. The topological polar surface area (TPSA) is 69.8 Å². The molecule has 4 nitrogen and oxygen atoms in total. The lowest BCUT2D eigenvalue weighted by atomic mass is 9.99. The van der Waals surface area contributed by atoms with Crippen LogP contribution >= 0.6 is 0 Å². The summed E-state index contributed by atoms with van der Waals surface area (Å²) in [4.78, 5) is 15.1. The lowest BCUT2D eigenvalue weighted by Gasteiger charge is -2.05. The van der Waals surface area contributed by atoms with Gasteiger partial charge < -0.3 is 9.40 Å². The van der Waals surface area contributed by atoms with E-state index in [2.05, 4.69) is 4.98 Å². The molecule has 2 heterocycles. The molecule has 0 aliphatic rings. The van der Waals surface area contributed by atoms with Gasteiger partial charge in [0.1, 0.15) is 17.2 Å². The molecular weight excluding hydrogens is 288 g/mol. The maximum atomic E-state index is 12.3. The maximum absolute atomic E-state index is 12.3. The lowest BCUT2D eigenvalue weighted by molar-refractivity contribution is 0.669. The number of fused-ring (bicyclic) bond motifs is 3. The van der Waals surface area contributed by atoms with Crippen LogP contribution in [0, 0.1) is 18.3 Å². The van der Waals surface area contributed by atoms with Gasteiger partial charge in [-0.25, -0.2) is 0 Å². The molecule has 4 heteroatoms. The lowest BCUT2D eigenvalue weighted by Crippen LogP contribution is -2.11. The molecule has 2 aromatic heterocycles. The van der Waals surface area contributed by atoms with E-state index in [4.69, 9.17) is 4.42 Å². The summed E-state index contributed by atoms with van der Waals surface area (Å²) in [5.74, 6) is 0. The van der Waals surface area contributed by atoms with Crippen LogP contribution in [-0.2, 0) is 0 Å². The molecule has 0 radical (unpaired) electrons. The van der Waals surface area contributed by atoms with Crippen LogP contribution in [0.5, 0.6) is 0 Å². The van der Waals surface area contributed by atoms with Gasteiger partial charge in [0.2, 0.25) is 0 Å². The summed E-state index contributed by atoms with van der Waals surface area (Å²) in [6.45, 7) is 1.99. The van der Waals surface area contributed by atoms with Gasteiger partial charge >= 0.3 is 0 Å².